The van der Waals surface area contributed by atoms with Crippen molar-refractivity contribution in [2.24, 2.45) is 0 Å². The topological polar surface area (TPSA) is 42.4 Å². The van der Waals surface area contributed by atoms with E-state index < -0.39 is 6.10 Å². The molecule has 0 amide bonds. The molecule has 1 atom stereocenters. The van der Waals surface area contributed by atoms with Gasteiger partial charge in [-0.25, -0.2) is 0 Å². The smallest absolute Gasteiger partial charge is 0.143 e. The molecular weight excluding hydrogens is 154 g/mol. The Labute approximate surface area is 71.3 Å². The van der Waals surface area contributed by atoms with Gasteiger partial charge < -0.3 is 9.84 Å². The van der Waals surface area contributed by atoms with Gasteiger partial charge >= 0.3 is 0 Å². The molecule has 1 rings (SSSR count). The second-order valence-corrected chi connectivity index (χ2v) is 2.27. The normalized spacial score (nSPS) is 12.2. The summed E-state index contributed by atoms with van der Waals surface area (Å²) >= 11 is 0. The van der Waals surface area contributed by atoms with Crippen LogP contribution in [0.25, 0.3) is 0 Å². The Hall–Kier alpha value is -1.35. The third-order valence-electron chi connectivity index (χ3n) is 1.52. The maximum absolute atomic E-state index is 9.38. The summed E-state index contributed by atoms with van der Waals surface area (Å²) < 4.78 is 5.00. The highest BCUT2D eigenvalue weighted by atomic mass is 16.5. The van der Waals surface area contributed by atoms with Gasteiger partial charge in [0.2, 0.25) is 0 Å². The lowest BCUT2D eigenvalue weighted by atomic mass is 10.2. The van der Waals surface area contributed by atoms with Crippen LogP contribution < -0.4 is 4.74 Å². The molecule has 1 aromatic rings. The highest BCUT2D eigenvalue weighted by molar-refractivity contribution is 5.30. The summed E-state index contributed by atoms with van der Waals surface area (Å²) in [5.74, 6) is 0.574. The van der Waals surface area contributed by atoms with E-state index >= 15 is 0 Å². The van der Waals surface area contributed by atoms with Crippen LogP contribution >= 0.6 is 0 Å². The minimum atomic E-state index is -0.763. The Bertz CT molecular complexity index is 273. The molecule has 0 radical (unpaired) electrons. The maximum Gasteiger partial charge on any atom is 0.143 e. The van der Waals surface area contributed by atoms with E-state index in [9.17, 15) is 5.11 Å². The Balaban J connectivity index is 3.04. The van der Waals surface area contributed by atoms with Crippen LogP contribution in [0.2, 0.25) is 0 Å². The summed E-state index contributed by atoms with van der Waals surface area (Å²) in [7, 11) is 1.54. The second-order valence-electron chi connectivity index (χ2n) is 2.27. The number of hydrogen-bond donors (Lipinski definition) is 1. The van der Waals surface area contributed by atoms with Gasteiger partial charge in [0.1, 0.15) is 17.5 Å². The first kappa shape index (κ1) is 8.74. The number of aliphatic hydroxyl groups excluding tert-OH is 1. The first-order valence-electron chi connectivity index (χ1n) is 3.59. The van der Waals surface area contributed by atoms with Crippen molar-refractivity contribution in [1.29, 1.82) is 0 Å². The molecule has 1 heterocycles. The second kappa shape index (κ2) is 3.88. The summed E-state index contributed by atoms with van der Waals surface area (Å²) in [6, 6.07) is 3.49. The highest BCUT2D eigenvalue weighted by Crippen LogP contribution is 2.22. The molecule has 0 saturated carbocycles. The average molecular weight is 165 g/mol. The van der Waals surface area contributed by atoms with E-state index in [-0.39, 0.29) is 0 Å². The molecule has 1 unspecified atom stereocenters. The highest BCUT2D eigenvalue weighted by Gasteiger charge is 2.09. The van der Waals surface area contributed by atoms with Gasteiger partial charge in [-0.3, -0.25) is 4.98 Å². The van der Waals surface area contributed by atoms with Crippen LogP contribution in [0, 0.1) is 0 Å². The molecule has 0 bridgehead atoms. The van der Waals surface area contributed by atoms with Gasteiger partial charge in [0, 0.05) is 6.20 Å². The van der Waals surface area contributed by atoms with Crippen molar-refractivity contribution in [3.8, 4) is 5.75 Å². The molecule has 3 heteroatoms. The van der Waals surface area contributed by atoms with Crippen molar-refractivity contribution in [3.05, 3.63) is 36.7 Å². The number of aliphatic hydroxyl groups is 1. The van der Waals surface area contributed by atoms with Crippen molar-refractivity contribution >= 4 is 0 Å². The molecule has 1 N–H and O–H groups in total. The van der Waals surface area contributed by atoms with Crippen molar-refractivity contribution in [2.45, 2.75) is 6.10 Å². The zero-order valence-corrected chi connectivity index (χ0v) is 6.90. The molecule has 0 fully saturated rings. The van der Waals surface area contributed by atoms with Gasteiger partial charge in [-0.2, -0.15) is 0 Å². The summed E-state index contributed by atoms with van der Waals surface area (Å²) in [6.45, 7) is 3.47. The predicted octanol–water partition coefficient (Wildman–Crippen LogP) is 1.31. The largest absolute Gasteiger partial charge is 0.495 e. The van der Waals surface area contributed by atoms with E-state index in [1.165, 1.54) is 13.2 Å². The summed E-state index contributed by atoms with van der Waals surface area (Å²) in [6.07, 6.45) is 2.25. The van der Waals surface area contributed by atoms with E-state index in [2.05, 4.69) is 11.6 Å². The predicted molar refractivity (Wildman–Crippen MR) is 45.9 cm³/mol. The Morgan fingerprint density at radius 2 is 2.50 bits per heavy atom. The number of ether oxygens (including phenoxy) is 1. The Morgan fingerprint density at radius 1 is 1.75 bits per heavy atom. The van der Waals surface area contributed by atoms with Crippen molar-refractivity contribution in [3.63, 3.8) is 0 Å². The van der Waals surface area contributed by atoms with Gasteiger partial charge in [0.15, 0.2) is 0 Å². The van der Waals surface area contributed by atoms with Crippen molar-refractivity contribution in [1.82, 2.24) is 4.98 Å². The molecule has 0 aliphatic heterocycles. The SMILES string of the molecule is C=CC(O)c1ncccc1OC. The monoisotopic (exact) mass is 165 g/mol. The van der Waals surface area contributed by atoms with E-state index in [0.29, 0.717) is 11.4 Å². The quantitative estimate of drug-likeness (QED) is 0.686. The zero-order valence-electron chi connectivity index (χ0n) is 6.90. The molecule has 0 spiro atoms. The van der Waals surface area contributed by atoms with Crippen LogP contribution in [0.15, 0.2) is 31.0 Å². The summed E-state index contributed by atoms with van der Waals surface area (Å²) in [5, 5.41) is 9.38. The zero-order chi connectivity index (χ0) is 8.97. The lowest BCUT2D eigenvalue weighted by Gasteiger charge is -2.08. The lowest BCUT2D eigenvalue weighted by molar-refractivity contribution is 0.217. The maximum atomic E-state index is 9.38. The number of hydrogen-bond acceptors (Lipinski definition) is 3. The minimum absolute atomic E-state index is 0.495. The third-order valence-corrected chi connectivity index (χ3v) is 1.52. The van der Waals surface area contributed by atoms with E-state index in [1.54, 1.807) is 18.3 Å². The molecule has 0 saturated heterocycles. The lowest BCUT2D eigenvalue weighted by Crippen LogP contribution is -1.99. The average Bonchev–Trinajstić information content (AvgIpc) is 2.16. The van der Waals surface area contributed by atoms with Gasteiger partial charge in [0.05, 0.1) is 7.11 Å². The Morgan fingerprint density at radius 3 is 3.08 bits per heavy atom. The first-order chi connectivity index (χ1) is 5.79. The fourth-order valence-electron chi connectivity index (χ4n) is 0.909. The summed E-state index contributed by atoms with van der Waals surface area (Å²) in [4.78, 5) is 3.97. The van der Waals surface area contributed by atoms with Crippen LogP contribution in [0.1, 0.15) is 11.8 Å². The molecule has 0 aromatic carbocycles. The molecule has 3 nitrogen and oxygen atoms in total. The number of pyridine rings is 1. The molecule has 1 aromatic heterocycles. The van der Waals surface area contributed by atoms with Gasteiger partial charge in [-0.1, -0.05) is 6.08 Å². The van der Waals surface area contributed by atoms with Crippen molar-refractivity contribution in [2.75, 3.05) is 7.11 Å². The van der Waals surface area contributed by atoms with Gasteiger partial charge in [-0.15, -0.1) is 6.58 Å². The molecule has 64 valence electrons. The van der Waals surface area contributed by atoms with Crippen LogP contribution in [0.4, 0.5) is 0 Å². The fourth-order valence-corrected chi connectivity index (χ4v) is 0.909. The van der Waals surface area contributed by atoms with Crippen LogP contribution in [0.3, 0.4) is 0 Å². The molecular formula is C9H11NO2. The minimum Gasteiger partial charge on any atom is -0.495 e. The van der Waals surface area contributed by atoms with Crippen LogP contribution in [0.5, 0.6) is 5.75 Å². The molecule has 12 heavy (non-hydrogen) atoms. The Kier molecular flexibility index (Phi) is 2.82. The van der Waals surface area contributed by atoms with Gasteiger partial charge in [-0.05, 0) is 12.1 Å². The first-order valence-corrected chi connectivity index (χ1v) is 3.59. The van der Waals surface area contributed by atoms with E-state index in [0.717, 1.165) is 0 Å². The standard InChI is InChI=1S/C9H11NO2/c1-3-7(11)9-8(12-2)5-4-6-10-9/h3-7,11H,1H2,2H3. The fraction of sp³-hybridized carbons (Fsp3) is 0.222. The number of nitrogens with zero attached hydrogens (tertiary/aromatic N) is 1. The van der Waals surface area contributed by atoms with E-state index in [4.69, 9.17) is 4.74 Å². The third kappa shape index (κ3) is 1.62. The molecule has 0 aliphatic rings. The summed E-state index contributed by atoms with van der Waals surface area (Å²) in [5.41, 5.74) is 0.495. The van der Waals surface area contributed by atoms with Crippen molar-refractivity contribution < 1.29 is 9.84 Å². The number of aromatic nitrogens is 1. The number of rotatable bonds is 3. The van der Waals surface area contributed by atoms with Crippen LogP contribution in [-0.2, 0) is 0 Å². The van der Waals surface area contributed by atoms with Gasteiger partial charge in [0.25, 0.3) is 0 Å². The van der Waals surface area contributed by atoms with E-state index in [1.807, 2.05) is 0 Å². The number of methoxy groups -OCH3 is 1. The molecule has 0 aliphatic carbocycles. The van der Waals surface area contributed by atoms with Crippen LogP contribution in [-0.4, -0.2) is 17.2 Å².